The average Bonchev–Trinajstić information content (AvgIpc) is 3.19. The van der Waals surface area contributed by atoms with Gasteiger partial charge in [-0.1, -0.05) is 22.5 Å². The summed E-state index contributed by atoms with van der Waals surface area (Å²) >= 11 is 3.09. The van der Waals surface area contributed by atoms with E-state index in [-0.39, 0.29) is 18.2 Å². The summed E-state index contributed by atoms with van der Waals surface area (Å²) in [6.45, 7) is 3.76. The fourth-order valence-corrected chi connectivity index (χ4v) is 3.16. The molecule has 2 N–H and O–H groups in total. The van der Waals surface area contributed by atoms with Gasteiger partial charge >= 0.3 is 0 Å². The van der Waals surface area contributed by atoms with E-state index in [0.29, 0.717) is 4.48 Å². The lowest BCUT2D eigenvalue weighted by atomic mass is 10.2. The van der Waals surface area contributed by atoms with Crippen LogP contribution >= 0.6 is 15.9 Å². The first-order valence-electron chi connectivity index (χ1n) is 6.23. The van der Waals surface area contributed by atoms with Crippen molar-refractivity contribution in [2.24, 2.45) is 0 Å². The molecule has 1 amide bonds. The summed E-state index contributed by atoms with van der Waals surface area (Å²) in [5.41, 5.74) is 0.0707. The second-order valence-electron chi connectivity index (χ2n) is 4.74. The largest absolute Gasteiger partial charge is 0.347 e. The molecule has 0 atom stereocenters. The van der Waals surface area contributed by atoms with Gasteiger partial charge in [0.1, 0.15) is 10.7 Å². The molecule has 1 aromatic carbocycles. The van der Waals surface area contributed by atoms with E-state index >= 15 is 0 Å². The van der Waals surface area contributed by atoms with E-state index in [1.807, 2.05) is 0 Å². The molecular weight excluding hydrogens is 363 g/mol. The van der Waals surface area contributed by atoms with Gasteiger partial charge in [-0.05, 0) is 31.0 Å². The Morgan fingerprint density at radius 3 is 2.67 bits per heavy atom. The van der Waals surface area contributed by atoms with Crippen molar-refractivity contribution in [3.63, 3.8) is 0 Å². The monoisotopic (exact) mass is 376 g/mol. The first-order chi connectivity index (χ1) is 9.79. The molecule has 1 aliphatic carbocycles. The first-order valence-corrected chi connectivity index (χ1v) is 8.50. The summed E-state index contributed by atoms with van der Waals surface area (Å²) in [5.74, 6) is -1.39. The molecule has 114 valence electrons. The molecule has 21 heavy (non-hydrogen) atoms. The zero-order valence-electron chi connectivity index (χ0n) is 11.0. The van der Waals surface area contributed by atoms with Crippen molar-refractivity contribution in [1.82, 2.24) is 10.0 Å². The molecule has 1 fully saturated rings. The van der Waals surface area contributed by atoms with Gasteiger partial charge in [0.05, 0.1) is 0 Å². The number of halogens is 2. The number of hydrogen-bond donors (Lipinski definition) is 2. The second-order valence-corrected chi connectivity index (χ2v) is 7.54. The van der Waals surface area contributed by atoms with Crippen LogP contribution in [-0.4, -0.2) is 26.9 Å². The van der Waals surface area contributed by atoms with Crippen molar-refractivity contribution in [2.45, 2.75) is 23.8 Å². The number of hydrogen-bond acceptors (Lipinski definition) is 3. The third-order valence-corrected chi connectivity index (χ3v) is 4.64. The van der Waals surface area contributed by atoms with Gasteiger partial charge in [0.2, 0.25) is 10.0 Å². The Bertz CT molecular complexity index is 687. The molecule has 0 unspecified atom stereocenters. The number of amides is 1. The zero-order valence-corrected chi connectivity index (χ0v) is 13.4. The fourth-order valence-electron chi connectivity index (χ4n) is 1.61. The van der Waals surface area contributed by atoms with Crippen molar-refractivity contribution in [1.29, 1.82) is 0 Å². The standard InChI is InChI=1S/C13H14BrFN2O3S/c1-8(14)7-16-13(18)9-2-5-11(15)12(6-9)21(19,20)17-10-3-4-10/h2,5-6,10,17H,1,3-4,7H2,(H,16,18). The average molecular weight is 377 g/mol. The molecule has 0 saturated heterocycles. The summed E-state index contributed by atoms with van der Waals surface area (Å²) in [6, 6.07) is 3.10. The minimum atomic E-state index is -3.95. The number of nitrogens with one attached hydrogen (secondary N) is 2. The summed E-state index contributed by atoms with van der Waals surface area (Å²) < 4.78 is 40.8. The maximum Gasteiger partial charge on any atom is 0.251 e. The van der Waals surface area contributed by atoms with Gasteiger partial charge < -0.3 is 5.32 Å². The molecule has 2 rings (SSSR count). The summed E-state index contributed by atoms with van der Waals surface area (Å²) in [4.78, 5) is 11.3. The third-order valence-electron chi connectivity index (χ3n) is 2.82. The number of benzene rings is 1. The Kier molecular flexibility index (Phi) is 4.80. The van der Waals surface area contributed by atoms with Crippen LogP contribution in [0.5, 0.6) is 0 Å². The SMILES string of the molecule is C=C(Br)CNC(=O)c1ccc(F)c(S(=O)(=O)NC2CC2)c1. The predicted molar refractivity (Wildman–Crippen MR) is 80.1 cm³/mol. The highest BCUT2D eigenvalue weighted by Crippen LogP contribution is 2.24. The van der Waals surface area contributed by atoms with Crippen LogP contribution in [0.4, 0.5) is 4.39 Å². The zero-order chi connectivity index (χ0) is 15.6. The summed E-state index contributed by atoms with van der Waals surface area (Å²) in [7, 11) is -3.95. The van der Waals surface area contributed by atoms with E-state index < -0.39 is 26.6 Å². The molecule has 1 saturated carbocycles. The van der Waals surface area contributed by atoms with Crippen molar-refractivity contribution >= 4 is 31.9 Å². The molecule has 5 nitrogen and oxygen atoms in total. The van der Waals surface area contributed by atoms with Crippen molar-refractivity contribution in [3.8, 4) is 0 Å². The quantitative estimate of drug-likeness (QED) is 0.795. The molecule has 0 bridgehead atoms. The number of carbonyl (C=O) groups excluding carboxylic acids is 1. The highest BCUT2D eigenvalue weighted by atomic mass is 79.9. The molecule has 1 aliphatic rings. The molecular formula is C13H14BrFN2O3S. The van der Waals surface area contributed by atoms with Gasteiger partial charge in [0.25, 0.3) is 5.91 Å². The molecule has 0 aromatic heterocycles. The Morgan fingerprint density at radius 1 is 1.43 bits per heavy atom. The molecule has 1 aromatic rings. The van der Waals surface area contributed by atoms with Crippen LogP contribution in [0.2, 0.25) is 0 Å². The smallest absolute Gasteiger partial charge is 0.251 e. The van der Waals surface area contributed by atoms with E-state index in [1.165, 1.54) is 6.07 Å². The van der Waals surface area contributed by atoms with E-state index in [2.05, 4.69) is 32.5 Å². The van der Waals surface area contributed by atoms with E-state index in [9.17, 15) is 17.6 Å². The fraction of sp³-hybridized carbons (Fsp3) is 0.308. The van der Waals surface area contributed by atoms with Gasteiger partial charge in [0.15, 0.2) is 0 Å². The summed E-state index contributed by atoms with van der Waals surface area (Å²) in [6.07, 6.45) is 1.49. The van der Waals surface area contributed by atoms with Crippen molar-refractivity contribution < 1.29 is 17.6 Å². The Hall–Kier alpha value is -1.25. The predicted octanol–water partition coefficient (Wildman–Crippen LogP) is 1.90. The second kappa shape index (κ2) is 6.25. The van der Waals surface area contributed by atoms with Crippen LogP contribution in [0.1, 0.15) is 23.2 Å². The molecule has 0 spiro atoms. The van der Waals surface area contributed by atoms with Gasteiger partial charge in [-0.25, -0.2) is 17.5 Å². The Balaban J connectivity index is 2.24. The topological polar surface area (TPSA) is 75.3 Å². The maximum absolute atomic E-state index is 13.7. The van der Waals surface area contributed by atoms with E-state index in [4.69, 9.17) is 0 Å². The number of sulfonamides is 1. The van der Waals surface area contributed by atoms with Crippen molar-refractivity contribution in [3.05, 3.63) is 40.6 Å². The highest BCUT2D eigenvalue weighted by Gasteiger charge is 2.30. The lowest BCUT2D eigenvalue weighted by Crippen LogP contribution is -2.28. The van der Waals surface area contributed by atoms with Gasteiger partial charge in [-0.2, -0.15) is 0 Å². The Morgan fingerprint density at radius 2 is 2.10 bits per heavy atom. The minimum Gasteiger partial charge on any atom is -0.347 e. The molecule has 0 heterocycles. The normalized spacial score (nSPS) is 14.8. The van der Waals surface area contributed by atoms with Gasteiger partial charge in [-0.3, -0.25) is 4.79 Å². The van der Waals surface area contributed by atoms with Gasteiger partial charge in [0, 0.05) is 22.6 Å². The van der Waals surface area contributed by atoms with E-state index in [1.54, 1.807) is 0 Å². The van der Waals surface area contributed by atoms with E-state index in [0.717, 1.165) is 25.0 Å². The highest BCUT2D eigenvalue weighted by molar-refractivity contribution is 9.11. The van der Waals surface area contributed by atoms with Crippen molar-refractivity contribution in [2.75, 3.05) is 6.54 Å². The number of carbonyl (C=O) groups is 1. The van der Waals surface area contributed by atoms with Crippen LogP contribution in [0, 0.1) is 5.82 Å². The van der Waals surface area contributed by atoms with Crippen LogP contribution in [0.3, 0.4) is 0 Å². The lowest BCUT2D eigenvalue weighted by molar-refractivity contribution is 0.0957. The maximum atomic E-state index is 13.7. The molecule has 0 radical (unpaired) electrons. The van der Waals surface area contributed by atoms with Gasteiger partial charge in [-0.15, -0.1) is 0 Å². The Labute approximate surface area is 130 Å². The van der Waals surface area contributed by atoms with Crippen LogP contribution in [-0.2, 0) is 10.0 Å². The lowest BCUT2D eigenvalue weighted by Gasteiger charge is -2.09. The first kappa shape index (κ1) is 16.1. The van der Waals surface area contributed by atoms with Crippen LogP contribution < -0.4 is 10.0 Å². The minimum absolute atomic E-state index is 0.0707. The summed E-state index contributed by atoms with van der Waals surface area (Å²) in [5, 5.41) is 2.53. The molecule has 0 aliphatic heterocycles. The van der Waals surface area contributed by atoms with Crippen LogP contribution in [0.15, 0.2) is 34.2 Å². The molecule has 8 heteroatoms. The third kappa shape index (κ3) is 4.36. The number of rotatable bonds is 6. The van der Waals surface area contributed by atoms with Crippen LogP contribution in [0.25, 0.3) is 0 Å².